The molecule has 10 heteroatoms. The van der Waals surface area contributed by atoms with Gasteiger partial charge < -0.3 is 15.0 Å². The van der Waals surface area contributed by atoms with Crippen molar-refractivity contribution in [3.63, 3.8) is 0 Å². The van der Waals surface area contributed by atoms with Crippen molar-refractivity contribution in [2.45, 2.75) is 23.5 Å². The summed E-state index contributed by atoms with van der Waals surface area (Å²) in [7, 11) is -2.09. The molecule has 1 saturated heterocycles. The lowest BCUT2D eigenvalue weighted by atomic mass is 9.98. The van der Waals surface area contributed by atoms with E-state index in [4.69, 9.17) is 4.74 Å². The van der Waals surface area contributed by atoms with E-state index in [0.29, 0.717) is 43.8 Å². The molecule has 1 atom stereocenters. The quantitative estimate of drug-likeness (QED) is 0.256. The van der Waals surface area contributed by atoms with Crippen molar-refractivity contribution in [2.75, 3.05) is 43.6 Å². The number of carbonyl (C=O) groups is 2. The SMILES string of the molecule is COCCCN1C(=O)c2cccc3c(NC(=O)C4CCCN(S(=O)(=O)c5ccc(-c6ccccc6)s5)C4)ccc1c23. The molecule has 2 amide bonds. The van der Waals surface area contributed by atoms with Gasteiger partial charge in [-0.15, -0.1) is 11.3 Å². The molecule has 1 aromatic heterocycles. The predicted octanol–water partition coefficient (Wildman–Crippen LogP) is 5.60. The Morgan fingerprint density at radius 3 is 2.68 bits per heavy atom. The van der Waals surface area contributed by atoms with E-state index < -0.39 is 15.9 Å². The van der Waals surface area contributed by atoms with Gasteiger partial charge in [-0.05, 0) is 55.2 Å². The normalized spacial score (nSPS) is 17.3. The summed E-state index contributed by atoms with van der Waals surface area (Å²) >= 11 is 1.25. The Bertz CT molecular complexity index is 1720. The summed E-state index contributed by atoms with van der Waals surface area (Å²) in [5, 5.41) is 4.67. The monoisotopic (exact) mass is 589 g/mol. The molecule has 1 N–H and O–H groups in total. The van der Waals surface area contributed by atoms with Crippen molar-refractivity contribution in [3.8, 4) is 10.4 Å². The van der Waals surface area contributed by atoms with Crippen LogP contribution in [0.4, 0.5) is 11.4 Å². The fraction of sp³-hybridized carbons (Fsp3) is 0.290. The van der Waals surface area contributed by atoms with Crippen LogP contribution in [-0.2, 0) is 19.6 Å². The number of nitrogens with one attached hydrogen (secondary N) is 1. The van der Waals surface area contributed by atoms with E-state index in [1.54, 1.807) is 18.1 Å². The topological polar surface area (TPSA) is 96.0 Å². The maximum Gasteiger partial charge on any atom is 0.258 e. The largest absolute Gasteiger partial charge is 0.385 e. The lowest BCUT2D eigenvalue weighted by molar-refractivity contribution is -0.120. The van der Waals surface area contributed by atoms with Crippen molar-refractivity contribution in [1.29, 1.82) is 0 Å². The van der Waals surface area contributed by atoms with E-state index >= 15 is 0 Å². The number of anilines is 2. The molecule has 0 radical (unpaired) electrons. The zero-order chi connectivity index (χ0) is 28.6. The van der Waals surface area contributed by atoms with E-state index in [0.717, 1.165) is 33.3 Å². The number of hydrogen-bond acceptors (Lipinski definition) is 6. The third kappa shape index (κ3) is 5.17. The summed E-state index contributed by atoms with van der Waals surface area (Å²) in [5.41, 5.74) is 3.04. The first-order valence-electron chi connectivity index (χ1n) is 13.7. The minimum atomic E-state index is -3.73. The smallest absolute Gasteiger partial charge is 0.258 e. The molecular formula is C31H31N3O5S2. The Kier molecular flexibility index (Phi) is 7.65. The van der Waals surface area contributed by atoms with Crippen LogP contribution in [0.25, 0.3) is 21.2 Å². The molecular weight excluding hydrogens is 558 g/mol. The number of nitrogens with zero attached hydrogens (tertiary/aromatic N) is 2. The van der Waals surface area contributed by atoms with Crippen LogP contribution < -0.4 is 10.2 Å². The van der Waals surface area contributed by atoms with E-state index in [1.165, 1.54) is 15.6 Å². The van der Waals surface area contributed by atoms with Gasteiger partial charge in [0, 0.05) is 60.3 Å². The highest BCUT2D eigenvalue weighted by Crippen LogP contribution is 2.41. The van der Waals surface area contributed by atoms with Crippen LogP contribution in [-0.4, -0.2) is 57.9 Å². The van der Waals surface area contributed by atoms with Gasteiger partial charge in [0.1, 0.15) is 4.21 Å². The summed E-state index contributed by atoms with van der Waals surface area (Å²) < 4.78 is 33.9. The molecule has 1 unspecified atom stereocenters. The van der Waals surface area contributed by atoms with Crippen LogP contribution in [0.3, 0.4) is 0 Å². The van der Waals surface area contributed by atoms with Gasteiger partial charge in [0.15, 0.2) is 0 Å². The standard InChI is InChI=1S/C31H31N3O5S2/c1-39-19-7-18-34-26-14-13-25(23-11-5-12-24(29(23)26)31(34)36)32-30(35)22-10-6-17-33(20-22)41(37,38)28-16-15-27(40-28)21-8-3-2-4-9-21/h2-5,8-9,11-16,22H,6-7,10,17-20H2,1H3,(H,32,35). The average molecular weight is 590 g/mol. The van der Waals surface area contributed by atoms with E-state index in [9.17, 15) is 18.0 Å². The van der Waals surface area contributed by atoms with E-state index in [2.05, 4.69) is 5.32 Å². The van der Waals surface area contributed by atoms with Gasteiger partial charge in [0.25, 0.3) is 15.9 Å². The first kappa shape index (κ1) is 27.6. The number of carbonyl (C=O) groups excluding carboxylic acids is 2. The molecule has 2 aliphatic heterocycles. The van der Waals surface area contributed by atoms with Crippen LogP contribution in [0.15, 0.2) is 77.0 Å². The summed E-state index contributed by atoms with van der Waals surface area (Å²) in [6, 6.07) is 22.4. The first-order chi connectivity index (χ1) is 19.9. The fourth-order valence-corrected chi connectivity index (χ4v) is 8.69. The van der Waals surface area contributed by atoms with Crippen molar-refractivity contribution in [3.05, 3.63) is 78.4 Å². The van der Waals surface area contributed by atoms with Gasteiger partial charge in [0.2, 0.25) is 5.91 Å². The second kappa shape index (κ2) is 11.4. The molecule has 212 valence electrons. The molecule has 8 nitrogen and oxygen atoms in total. The number of amides is 2. The average Bonchev–Trinajstić information content (AvgIpc) is 3.61. The molecule has 0 saturated carbocycles. The minimum Gasteiger partial charge on any atom is -0.385 e. The number of ether oxygens (including phenoxy) is 1. The lowest BCUT2D eigenvalue weighted by Gasteiger charge is -2.31. The third-order valence-electron chi connectivity index (χ3n) is 7.76. The van der Waals surface area contributed by atoms with Crippen molar-refractivity contribution < 1.29 is 22.7 Å². The Morgan fingerprint density at radius 2 is 1.88 bits per heavy atom. The number of methoxy groups -OCH3 is 1. The van der Waals surface area contributed by atoms with E-state index in [-0.39, 0.29) is 22.6 Å². The number of piperidine rings is 1. The maximum absolute atomic E-state index is 13.5. The molecule has 0 aliphatic carbocycles. The molecule has 0 spiro atoms. The fourth-order valence-electron chi connectivity index (χ4n) is 5.70. The zero-order valence-corrected chi connectivity index (χ0v) is 24.3. The minimum absolute atomic E-state index is 0.0534. The summed E-state index contributed by atoms with van der Waals surface area (Å²) in [4.78, 5) is 29.2. The molecule has 0 bridgehead atoms. The van der Waals surface area contributed by atoms with Crippen LogP contribution in [0.1, 0.15) is 29.6 Å². The molecule has 4 aromatic rings. The summed E-state index contributed by atoms with van der Waals surface area (Å²) in [6.45, 7) is 1.62. The number of benzene rings is 3. The van der Waals surface area contributed by atoms with E-state index in [1.807, 2.05) is 66.7 Å². The number of hydrogen-bond donors (Lipinski definition) is 1. The van der Waals surface area contributed by atoms with Gasteiger partial charge in [-0.3, -0.25) is 9.59 Å². The highest BCUT2D eigenvalue weighted by atomic mass is 32.2. The van der Waals surface area contributed by atoms with Gasteiger partial charge in [-0.25, -0.2) is 8.42 Å². The zero-order valence-electron chi connectivity index (χ0n) is 22.7. The Labute approximate surface area is 243 Å². The Morgan fingerprint density at radius 1 is 1.05 bits per heavy atom. The number of sulfonamides is 1. The van der Waals surface area contributed by atoms with Gasteiger partial charge >= 0.3 is 0 Å². The molecule has 1 fully saturated rings. The van der Waals surface area contributed by atoms with Crippen LogP contribution in [0.2, 0.25) is 0 Å². The third-order valence-corrected chi connectivity index (χ3v) is 11.2. The summed E-state index contributed by atoms with van der Waals surface area (Å²) in [6.07, 6.45) is 1.92. The second-order valence-corrected chi connectivity index (χ2v) is 13.6. The lowest BCUT2D eigenvalue weighted by Crippen LogP contribution is -2.43. The maximum atomic E-state index is 13.5. The number of thiophene rings is 1. The van der Waals surface area contributed by atoms with Crippen molar-refractivity contribution in [2.24, 2.45) is 5.92 Å². The molecule has 3 heterocycles. The Hall–Kier alpha value is -3.57. The second-order valence-electron chi connectivity index (χ2n) is 10.3. The van der Waals surface area contributed by atoms with Gasteiger partial charge in [-0.2, -0.15) is 4.31 Å². The van der Waals surface area contributed by atoms with Crippen molar-refractivity contribution in [1.82, 2.24) is 4.31 Å². The molecule has 2 aliphatic rings. The Balaban J connectivity index is 1.20. The molecule has 3 aromatic carbocycles. The highest BCUT2D eigenvalue weighted by molar-refractivity contribution is 7.91. The first-order valence-corrected chi connectivity index (χ1v) is 16.0. The van der Waals surface area contributed by atoms with Crippen LogP contribution in [0, 0.1) is 5.92 Å². The van der Waals surface area contributed by atoms with Gasteiger partial charge in [0.05, 0.1) is 11.6 Å². The summed E-state index contributed by atoms with van der Waals surface area (Å²) in [5.74, 6) is -0.757. The molecule has 6 rings (SSSR count). The van der Waals surface area contributed by atoms with Gasteiger partial charge in [-0.1, -0.05) is 42.5 Å². The predicted molar refractivity (Wildman–Crippen MR) is 162 cm³/mol. The van der Waals surface area contributed by atoms with Crippen LogP contribution >= 0.6 is 11.3 Å². The molecule has 41 heavy (non-hydrogen) atoms. The van der Waals surface area contributed by atoms with Crippen molar-refractivity contribution >= 4 is 55.3 Å². The highest BCUT2D eigenvalue weighted by Gasteiger charge is 2.35. The van der Waals surface area contributed by atoms with Crippen LogP contribution in [0.5, 0.6) is 0 Å². The number of rotatable bonds is 9.